The third-order valence-electron chi connectivity index (χ3n) is 6.31. The van der Waals surface area contributed by atoms with Crippen LogP contribution in [0.15, 0.2) is 89.4 Å². The zero-order valence-corrected chi connectivity index (χ0v) is 20.7. The smallest absolute Gasteiger partial charge is 0.429 e. The van der Waals surface area contributed by atoms with Crippen LogP contribution in [0.4, 0.5) is 15.3 Å². The van der Waals surface area contributed by atoms with Crippen molar-refractivity contribution in [2.24, 2.45) is 0 Å². The molecule has 7 nitrogen and oxygen atoms in total. The van der Waals surface area contributed by atoms with E-state index in [0.29, 0.717) is 19.5 Å². The van der Waals surface area contributed by atoms with Gasteiger partial charge in [-0.25, -0.2) is 19.6 Å². The first-order valence-corrected chi connectivity index (χ1v) is 12.4. The highest BCUT2D eigenvalue weighted by Crippen LogP contribution is 2.34. The number of nitrogens with zero attached hydrogens (tertiary/aromatic N) is 3. The Balaban J connectivity index is 1.34. The standard InChI is InChI=1S/C27H26BrN3O4/c28-22-11-13-23(14-12-22)29-16-24-15-25(17-29)31(27(33)35-19-21-9-5-2-6-10-21)30(24)26(32)34-18-20-7-3-1-4-8-20/h1-14,24-25H,15-19H2. The summed E-state index contributed by atoms with van der Waals surface area (Å²) in [6.45, 7) is 1.47. The number of benzene rings is 3. The average Bonchev–Trinajstić information content (AvgIpc) is 3.17. The van der Waals surface area contributed by atoms with E-state index < -0.39 is 12.2 Å². The summed E-state index contributed by atoms with van der Waals surface area (Å²) in [5, 5.41) is 2.92. The molecular weight excluding hydrogens is 510 g/mol. The van der Waals surface area contributed by atoms with E-state index in [-0.39, 0.29) is 25.3 Å². The van der Waals surface area contributed by atoms with Crippen LogP contribution >= 0.6 is 15.9 Å². The summed E-state index contributed by atoms with van der Waals surface area (Å²) >= 11 is 3.48. The summed E-state index contributed by atoms with van der Waals surface area (Å²) in [6, 6.07) is 26.7. The Morgan fingerprint density at radius 1 is 0.714 bits per heavy atom. The van der Waals surface area contributed by atoms with Gasteiger partial charge in [-0.1, -0.05) is 76.6 Å². The highest BCUT2D eigenvalue weighted by molar-refractivity contribution is 9.10. The summed E-state index contributed by atoms with van der Waals surface area (Å²) in [5.41, 5.74) is 2.82. The molecule has 5 rings (SSSR count). The van der Waals surface area contributed by atoms with E-state index in [9.17, 15) is 9.59 Å². The average molecular weight is 536 g/mol. The minimum absolute atomic E-state index is 0.136. The Hall–Kier alpha value is -3.52. The van der Waals surface area contributed by atoms with Crippen molar-refractivity contribution >= 4 is 33.8 Å². The van der Waals surface area contributed by atoms with Crippen molar-refractivity contribution < 1.29 is 19.1 Å². The minimum atomic E-state index is -0.546. The van der Waals surface area contributed by atoms with Crippen molar-refractivity contribution in [1.29, 1.82) is 0 Å². The second-order valence-corrected chi connectivity index (χ2v) is 9.61. The number of halogens is 1. The predicted molar refractivity (Wildman–Crippen MR) is 135 cm³/mol. The molecule has 0 aromatic heterocycles. The summed E-state index contributed by atoms with van der Waals surface area (Å²) in [6.07, 6.45) is -0.417. The van der Waals surface area contributed by atoms with Gasteiger partial charge >= 0.3 is 12.2 Å². The van der Waals surface area contributed by atoms with Gasteiger partial charge in [0.05, 0.1) is 12.1 Å². The van der Waals surface area contributed by atoms with Crippen LogP contribution in [0, 0.1) is 0 Å². The molecule has 0 spiro atoms. The first-order chi connectivity index (χ1) is 17.1. The molecule has 2 heterocycles. The lowest BCUT2D eigenvalue weighted by molar-refractivity contribution is -0.0199. The normalized spacial score (nSPS) is 18.9. The van der Waals surface area contributed by atoms with Gasteiger partial charge in [0.1, 0.15) is 13.2 Å². The molecule has 2 saturated heterocycles. The monoisotopic (exact) mass is 535 g/mol. The number of fused-ring (bicyclic) bond motifs is 2. The number of piperidine rings is 1. The minimum Gasteiger partial charge on any atom is -0.443 e. The van der Waals surface area contributed by atoms with Crippen LogP contribution in [0.2, 0.25) is 0 Å². The molecule has 0 saturated carbocycles. The fraction of sp³-hybridized carbons (Fsp3) is 0.259. The first-order valence-electron chi connectivity index (χ1n) is 11.6. The Kier molecular flexibility index (Phi) is 6.90. The van der Waals surface area contributed by atoms with Gasteiger partial charge in [0.2, 0.25) is 0 Å². The van der Waals surface area contributed by atoms with Gasteiger partial charge in [-0.05, 0) is 41.8 Å². The van der Waals surface area contributed by atoms with Gasteiger partial charge in [0.15, 0.2) is 0 Å². The second-order valence-electron chi connectivity index (χ2n) is 8.69. The fourth-order valence-corrected chi connectivity index (χ4v) is 4.92. The molecule has 2 amide bonds. The molecule has 3 aromatic carbocycles. The molecule has 35 heavy (non-hydrogen) atoms. The van der Waals surface area contributed by atoms with Crippen LogP contribution in [-0.2, 0) is 22.7 Å². The number of carbonyl (C=O) groups excluding carboxylic acids is 2. The van der Waals surface area contributed by atoms with Crippen LogP contribution in [0.1, 0.15) is 17.5 Å². The quantitative estimate of drug-likeness (QED) is 0.425. The van der Waals surface area contributed by atoms with Crippen molar-refractivity contribution in [1.82, 2.24) is 10.0 Å². The number of amides is 2. The molecule has 0 N–H and O–H groups in total. The van der Waals surface area contributed by atoms with Gasteiger partial charge in [0.25, 0.3) is 0 Å². The van der Waals surface area contributed by atoms with Gasteiger partial charge in [0, 0.05) is 23.2 Å². The first kappa shape index (κ1) is 23.2. The van der Waals surface area contributed by atoms with Crippen LogP contribution in [0.5, 0.6) is 0 Å². The van der Waals surface area contributed by atoms with Crippen molar-refractivity contribution in [2.75, 3.05) is 18.0 Å². The molecule has 2 unspecified atom stereocenters. The third-order valence-corrected chi connectivity index (χ3v) is 6.84. The van der Waals surface area contributed by atoms with E-state index >= 15 is 0 Å². The lowest BCUT2D eigenvalue weighted by atomic mass is 10.0. The topological polar surface area (TPSA) is 62.3 Å². The number of ether oxygens (including phenoxy) is 2. The molecule has 2 aliphatic heterocycles. The van der Waals surface area contributed by atoms with Crippen molar-refractivity contribution in [3.63, 3.8) is 0 Å². The van der Waals surface area contributed by atoms with Crippen molar-refractivity contribution in [3.8, 4) is 0 Å². The summed E-state index contributed by atoms with van der Waals surface area (Å²) < 4.78 is 12.3. The fourth-order valence-electron chi connectivity index (χ4n) is 4.66. The van der Waals surface area contributed by atoms with Crippen molar-refractivity contribution in [2.45, 2.75) is 31.7 Å². The highest BCUT2D eigenvalue weighted by atomic mass is 79.9. The summed E-state index contributed by atoms with van der Waals surface area (Å²) in [4.78, 5) is 28.7. The number of hydrazine groups is 1. The van der Waals surface area contributed by atoms with E-state index in [1.165, 1.54) is 10.0 Å². The van der Waals surface area contributed by atoms with Crippen LogP contribution in [-0.4, -0.2) is 47.4 Å². The number of anilines is 1. The number of carbonyl (C=O) groups is 2. The lowest BCUT2D eigenvalue weighted by Crippen LogP contribution is -2.50. The number of hydrogen-bond donors (Lipinski definition) is 0. The van der Waals surface area contributed by atoms with Gasteiger partial charge in [-0.2, -0.15) is 0 Å². The Morgan fingerprint density at radius 3 is 1.63 bits per heavy atom. The molecule has 0 aliphatic carbocycles. The largest absolute Gasteiger partial charge is 0.443 e. The molecule has 2 fully saturated rings. The molecule has 2 bridgehead atoms. The Morgan fingerprint density at radius 2 is 1.17 bits per heavy atom. The molecule has 3 aromatic rings. The van der Waals surface area contributed by atoms with E-state index in [2.05, 4.69) is 20.8 Å². The number of rotatable bonds is 5. The van der Waals surface area contributed by atoms with Crippen LogP contribution in [0.3, 0.4) is 0 Å². The highest BCUT2D eigenvalue weighted by Gasteiger charge is 2.50. The Labute approximate surface area is 212 Å². The van der Waals surface area contributed by atoms with Crippen LogP contribution < -0.4 is 4.90 Å². The van der Waals surface area contributed by atoms with E-state index in [4.69, 9.17) is 9.47 Å². The summed E-state index contributed by atoms with van der Waals surface area (Å²) in [7, 11) is 0. The van der Waals surface area contributed by atoms with Gasteiger partial charge in [-0.15, -0.1) is 0 Å². The zero-order valence-electron chi connectivity index (χ0n) is 19.1. The predicted octanol–water partition coefficient (Wildman–Crippen LogP) is 5.60. The van der Waals surface area contributed by atoms with Crippen molar-refractivity contribution in [3.05, 3.63) is 101 Å². The molecular formula is C27H26BrN3O4. The molecule has 2 atom stereocenters. The van der Waals surface area contributed by atoms with Crippen LogP contribution in [0.25, 0.3) is 0 Å². The van der Waals surface area contributed by atoms with E-state index in [0.717, 1.165) is 21.3 Å². The maximum Gasteiger partial charge on any atom is 0.429 e. The van der Waals surface area contributed by atoms with E-state index in [1.807, 2.05) is 84.9 Å². The SMILES string of the molecule is O=C(OCc1ccccc1)N1C2CC(CN(c3ccc(Br)cc3)C2)N1C(=O)OCc1ccccc1. The van der Waals surface area contributed by atoms with Gasteiger partial charge < -0.3 is 14.4 Å². The second kappa shape index (κ2) is 10.4. The third kappa shape index (κ3) is 5.27. The molecule has 8 heteroatoms. The Bertz CT molecular complexity index is 1090. The zero-order chi connectivity index (χ0) is 24.2. The van der Waals surface area contributed by atoms with Gasteiger partial charge in [-0.3, -0.25) is 0 Å². The maximum atomic E-state index is 13.3. The summed E-state index contributed by atoms with van der Waals surface area (Å²) in [5.74, 6) is 0. The maximum absolute atomic E-state index is 13.3. The molecule has 2 aliphatic rings. The number of hydrogen-bond acceptors (Lipinski definition) is 5. The van der Waals surface area contributed by atoms with E-state index in [1.54, 1.807) is 0 Å². The molecule has 0 radical (unpaired) electrons. The lowest BCUT2D eigenvalue weighted by Gasteiger charge is -2.32. The molecule has 180 valence electrons.